The van der Waals surface area contributed by atoms with Gasteiger partial charge in [-0.15, -0.1) is 6.58 Å². The van der Waals surface area contributed by atoms with Gasteiger partial charge in [0.2, 0.25) is 5.91 Å². The molecule has 0 aromatic heterocycles. The van der Waals surface area contributed by atoms with Crippen LogP contribution in [0.25, 0.3) is 0 Å². The minimum Gasteiger partial charge on any atom is -0.497 e. The molecule has 1 aromatic rings. The molecule has 5 atom stereocenters. The maximum atomic E-state index is 13.0. The van der Waals surface area contributed by atoms with Crippen molar-refractivity contribution in [2.24, 2.45) is 5.92 Å². The van der Waals surface area contributed by atoms with Crippen molar-refractivity contribution in [1.82, 2.24) is 10.2 Å². The smallest absolute Gasteiger partial charge is 0.227 e. The molecule has 7 nitrogen and oxygen atoms in total. The van der Waals surface area contributed by atoms with Crippen LogP contribution in [-0.4, -0.2) is 71.1 Å². The van der Waals surface area contributed by atoms with Gasteiger partial charge < -0.3 is 30.1 Å². The molecular formula is C19H25N3O4S. The number of hydrogen-bond acceptors (Lipinski definition) is 5. The number of nitrogens with zero attached hydrogens (tertiary/aromatic N) is 2. The molecule has 3 rings (SSSR count). The number of thiocarbonyl (C=S) groups is 1. The van der Waals surface area contributed by atoms with Gasteiger partial charge in [-0.2, -0.15) is 0 Å². The Morgan fingerprint density at radius 3 is 2.70 bits per heavy atom. The third-order valence-electron chi connectivity index (χ3n) is 5.29. The number of fused-ring (bicyclic) bond motifs is 1. The Bertz CT molecular complexity index is 726. The Kier molecular flexibility index (Phi) is 5.69. The Morgan fingerprint density at radius 2 is 2.11 bits per heavy atom. The van der Waals surface area contributed by atoms with E-state index in [4.69, 9.17) is 17.0 Å². The predicted molar refractivity (Wildman–Crippen MR) is 107 cm³/mol. The van der Waals surface area contributed by atoms with Gasteiger partial charge in [0.05, 0.1) is 31.2 Å². The summed E-state index contributed by atoms with van der Waals surface area (Å²) >= 11 is 5.50. The van der Waals surface area contributed by atoms with Gasteiger partial charge in [0.15, 0.2) is 5.11 Å². The first kappa shape index (κ1) is 19.6. The molecule has 3 N–H and O–H groups in total. The van der Waals surface area contributed by atoms with Crippen LogP contribution in [0.15, 0.2) is 36.9 Å². The van der Waals surface area contributed by atoms with Crippen molar-refractivity contribution in [2.75, 3.05) is 25.6 Å². The Labute approximate surface area is 164 Å². The van der Waals surface area contributed by atoms with Crippen LogP contribution in [0.5, 0.6) is 5.75 Å². The van der Waals surface area contributed by atoms with Gasteiger partial charge in [-0.1, -0.05) is 6.08 Å². The van der Waals surface area contributed by atoms with Crippen molar-refractivity contribution in [3.63, 3.8) is 0 Å². The van der Waals surface area contributed by atoms with E-state index in [0.29, 0.717) is 17.4 Å². The first-order valence-electron chi connectivity index (χ1n) is 8.84. The third-order valence-corrected chi connectivity index (χ3v) is 5.61. The highest BCUT2D eigenvalue weighted by molar-refractivity contribution is 7.80. The van der Waals surface area contributed by atoms with E-state index in [9.17, 15) is 15.0 Å². The molecule has 0 radical (unpaired) electrons. The van der Waals surface area contributed by atoms with Crippen molar-refractivity contribution < 1.29 is 19.7 Å². The number of nitrogens with one attached hydrogen (secondary N) is 1. The van der Waals surface area contributed by atoms with E-state index in [-0.39, 0.29) is 12.3 Å². The number of methoxy groups -OCH3 is 1. The fourth-order valence-electron chi connectivity index (χ4n) is 3.94. The molecule has 1 aliphatic carbocycles. The predicted octanol–water partition coefficient (Wildman–Crippen LogP) is 0.513. The number of anilines is 1. The van der Waals surface area contributed by atoms with Crippen molar-refractivity contribution >= 4 is 28.9 Å². The minimum absolute atomic E-state index is 0.110. The lowest BCUT2D eigenvalue weighted by Gasteiger charge is -2.42. The van der Waals surface area contributed by atoms with Gasteiger partial charge in [-0.05, 0) is 42.9 Å². The van der Waals surface area contributed by atoms with Gasteiger partial charge in [-0.25, -0.2) is 0 Å². The van der Waals surface area contributed by atoms with Crippen LogP contribution in [0, 0.1) is 5.92 Å². The Balaban J connectivity index is 1.97. The number of carbonyl (C=O) groups excluding carboxylic acids is 1. The summed E-state index contributed by atoms with van der Waals surface area (Å²) in [6.45, 7) is 4.08. The summed E-state index contributed by atoms with van der Waals surface area (Å²) < 4.78 is 5.20. The highest BCUT2D eigenvalue weighted by Gasteiger charge is 2.54. The van der Waals surface area contributed by atoms with E-state index in [1.807, 2.05) is 29.2 Å². The molecule has 2 aliphatic rings. The summed E-state index contributed by atoms with van der Waals surface area (Å²) in [7, 11) is 3.30. The molecular weight excluding hydrogens is 366 g/mol. The number of hydrogen-bond donors (Lipinski definition) is 3. The number of carbonyl (C=O) groups is 1. The minimum atomic E-state index is -1.01. The average molecular weight is 391 g/mol. The van der Waals surface area contributed by atoms with Crippen LogP contribution in [0.4, 0.5) is 5.69 Å². The van der Waals surface area contributed by atoms with Crippen molar-refractivity contribution in [3.05, 3.63) is 36.9 Å². The van der Waals surface area contributed by atoms with Gasteiger partial charge >= 0.3 is 0 Å². The van der Waals surface area contributed by atoms with Crippen LogP contribution < -0.4 is 15.0 Å². The van der Waals surface area contributed by atoms with E-state index in [2.05, 4.69) is 11.9 Å². The second-order valence-electron chi connectivity index (χ2n) is 6.94. The topological polar surface area (TPSA) is 85.3 Å². The zero-order chi connectivity index (χ0) is 19.7. The first-order chi connectivity index (χ1) is 12.9. The first-order valence-corrected chi connectivity index (χ1v) is 9.25. The second-order valence-corrected chi connectivity index (χ2v) is 7.33. The molecule has 1 saturated carbocycles. The molecule has 27 heavy (non-hydrogen) atoms. The average Bonchev–Trinajstić information content (AvgIpc) is 3.01. The Morgan fingerprint density at radius 1 is 1.44 bits per heavy atom. The number of aliphatic hydroxyl groups excluding tert-OH is 2. The maximum absolute atomic E-state index is 13.0. The molecule has 0 bridgehead atoms. The standard InChI is InChI=1S/C19H25N3O4S/c1-4-9-21(2)18(25)13-10-14(23)17(24)15-16(13)22(19(27)20-15)11-5-7-12(26-3)8-6-11/h4-8,13-17,23-24H,1,9-10H2,2-3H3,(H,20,27)/t13-,14+,15-,16+,17-/m0/s1. The van der Waals surface area contributed by atoms with Gasteiger partial charge in [0, 0.05) is 19.3 Å². The fraction of sp³-hybridized carbons (Fsp3) is 0.474. The van der Waals surface area contributed by atoms with Crippen molar-refractivity contribution in [2.45, 2.75) is 30.7 Å². The number of amides is 1. The maximum Gasteiger partial charge on any atom is 0.227 e. The van der Waals surface area contributed by atoms with Gasteiger partial charge in [0.1, 0.15) is 11.9 Å². The molecule has 0 spiro atoms. The van der Waals surface area contributed by atoms with Crippen LogP contribution >= 0.6 is 12.2 Å². The fourth-order valence-corrected chi connectivity index (χ4v) is 4.30. The number of benzene rings is 1. The van der Waals surface area contributed by atoms with E-state index in [0.717, 1.165) is 5.69 Å². The molecule has 1 saturated heterocycles. The van der Waals surface area contributed by atoms with Crippen LogP contribution in [0.2, 0.25) is 0 Å². The van der Waals surface area contributed by atoms with E-state index < -0.39 is 30.2 Å². The van der Waals surface area contributed by atoms with E-state index in [1.165, 1.54) is 0 Å². The molecule has 146 valence electrons. The quantitative estimate of drug-likeness (QED) is 0.498. The van der Waals surface area contributed by atoms with Gasteiger partial charge in [-0.3, -0.25) is 4.79 Å². The van der Waals surface area contributed by atoms with Crippen LogP contribution in [0.3, 0.4) is 0 Å². The summed E-state index contributed by atoms with van der Waals surface area (Å²) in [5.74, 6) is 0.0834. The summed E-state index contributed by atoms with van der Waals surface area (Å²) in [5, 5.41) is 24.3. The largest absolute Gasteiger partial charge is 0.497 e. The molecule has 1 aromatic carbocycles. The van der Waals surface area contributed by atoms with Crippen molar-refractivity contribution in [1.29, 1.82) is 0 Å². The van der Waals surface area contributed by atoms with Crippen molar-refractivity contribution in [3.8, 4) is 5.75 Å². The monoisotopic (exact) mass is 391 g/mol. The summed E-state index contributed by atoms with van der Waals surface area (Å²) in [5.41, 5.74) is 0.800. The number of rotatable bonds is 5. The lowest BCUT2D eigenvalue weighted by atomic mass is 9.77. The summed E-state index contributed by atoms with van der Waals surface area (Å²) in [4.78, 5) is 16.5. The second kappa shape index (κ2) is 7.84. The lowest BCUT2D eigenvalue weighted by Crippen LogP contribution is -2.61. The third kappa shape index (κ3) is 3.52. The van der Waals surface area contributed by atoms with E-state index >= 15 is 0 Å². The number of ether oxygens (including phenoxy) is 1. The zero-order valence-corrected chi connectivity index (χ0v) is 16.2. The lowest BCUT2D eigenvalue weighted by molar-refractivity contribution is -0.139. The van der Waals surface area contributed by atoms with Crippen LogP contribution in [0.1, 0.15) is 6.42 Å². The molecule has 8 heteroatoms. The normalized spacial score (nSPS) is 29.7. The molecule has 1 heterocycles. The molecule has 1 amide bonds. The van der Waals surface area contributed by atoms with Crippen LogP contribution in [-0.2, 0) is 4.79 Å². The molecule has 0 unspecified atom stereocenters. The summed E-state index contributed by atoms with van der Waals surface area (Å²) in [6, 6.07) is 6.43. The number of likely N-dealkylation sites (N-methyl/N-ethyl adjacent to an activating group) is 1. The molecule has 2 fully saturated rings. The summed E-state index contributed by atoms with van der Waals surface area (Å²) in [6.07, 6.45) is -0.185. The SMILES string of the molecule is C=CCN(C)C(=O)[C@H]1C[C@@H](O)[C@H](O)[C@H]2NC(=S)N(c3ccc(OC)cc3)[C@@H]21. The zero-order valence-electron chi connectivity index (χ0n) is 15.4. The van der Waals surface area contributed by atoms with E-state index in [1.54, 1.807) is 25.1 Å². The molecule has 1 aliphatic heterocycles. The number of aliphatic hydroxyl groups is 2. The highest BCUT2D eigenvalue weighted by Crippen LogP contribution is 2.37. The van der Waals surface area contributed by atoms with Gasteiger partial charge in [0.25, 0.3) is 0 Å². The Hall–Kier alpha value is -2.16. The highest BCUT2D eigenvalue weighted by atomic mass is 32.1.